The first-order chi connectivity index (χ1) is 15.2. The van der Waals surface area contributed by atoms with Gasteiger partial charge < -0.3 is 10.4 Å². The van der Waals surface area contributed by atoms with Gasteiger partial charge in [-0.3, -0.25) is 14.5 Å². The molecule has 1 saturated heterocycles. The summed E-state index contributed by atoms with van der Waals surface area (Å²) in [5.74, 6) is -4.52. The number of fused-ring (bicyclic) bond motifs is 1. The molecule has 2 N–H and O–H groups in total. The Balaban J connectivity index is 1.50. The zero-order chi connectivity index (χ0) is 23.2. The van der Waals surface area contributed by atoms with Crippen LogP contribution in [0.3, 0.4) is 0 Å². The second-order valence-electron chi connectivity index (χ2n) is 6.74. The number of nitrogens with one attached hydrogen (secondary N) is 1. The van der Waals surface area contributed by atoms with Gasteiger partial charge in [0, 0.05) is 11.5 Å². The van der Waals surface area contributed by atoms with Crippen LogP contribution in [0.25, 0.3) is 0 Å². The van der Waals surface area contributed by atoms with E-state index in [9.17, 15) is 28.3 Å². The molecule has 0 unspecified atom stereocenters. The van der Waals surface area contributed by atoms with Gasteiger partial charge >= 0.3 is 5.97 Å². The van der Waals surface area contributed by atoms with Gasteiger partial charge in [-0.1, -0.05) is 34.7 Å². The lowest BCUT2D eigenvalue weighted by Crippen LogP contribution is -2.70. The molecule has 0 aliphatic carbocycles. The number of carboxylic acids is 1. The minimum atomic E-state index is -1.25. The standard InChI is InChI=1S/C18H13ClF2N4O4S3/c1-6-23-24-18(32-6)31-5-7-4-30-16-12(15(27)25(16)13(7)17(28)29)22-14(26)8-2-10(20)11(21)3-9(8)19/h2-3,12,16H,4-5H2,1H3,(H,22,26)(H,28,29)/t12-,16-/m1/s1. The Kier molecular flexibility index (Phi) is 6.43. The number of aromatic nitrogens is 2. The highest BCUT2D eigenvalue weighted by Crippen LogP contribution is 2.42. The minimum Gasteiger partial charge on any atom is -0.477 e. The lowest BCUT2D eigenvalue weighted by Gasteiger charge is -2.49. The van der Waals surface area contributed by atoms with Crippen molar-refractivity contribution in [3.05, 3.63) is 50.6 Å². The normalized spacial score (nSPS) is 20.1. The highest BCUT2D eigenvalue weighted by Gasteiger charge is 2.54. The summed E-state index contributed by atoms with van der Waals surface area (Å²) in [7, 11) is 0. The SMILES string of the molecule is Cc1nnc(SCC2=C(C(=O)O)N3C(=O)[C@@H](NC(=O)c4cc(F)c(F)cc4Cl)[C@H]3SC2)s1. The van der Waals surface area contributed by atoms with Gasteiger partial charge in [-0.25, -0.2) is 13.6 Å². The van der Waals surface area contributed by atoms with Crippen molar-refractivity contribution in [1.82, 2.24) is 20.4 Å². The third-order valence-electron chi connectivity index (χ3n) is 4.67. The predicted octanol–water partition coefficient (Wildman–Crippen LogP) is 2.92. The molecule has 4 rings (SSSR count). The molecule has 2 aliphatic rings. The first kappa shape index (κ1) is 23.0. The largest absolute Gasteiger partial charge is 0.477 e. The van der Waals surface area contributed by atoms with Crippen LogP contribution in [0.4, 0.5) is 8.78 Å². The maximum Gasteiger partial charge on any atom is 0.352 e. The molecule has 0 spiro atoms. The van der Waals surface area contributed by atoms with Crippen LogP contribution < -0.4 is 5.32 Å². The fourth-order valence-electron chi connectivity index (χ4n) is 3.20. The molecule has 8 nitrogen and oxygen atoms in total. The molecule has 168 valence electrons. The number of carbonyl (C=O) groups excluding carboxylic acids is 2. The van der Waals surface area contributed by atoms with E-state index in [1.54, 1.807) is 0 Å². The Morgan fingerprint density at radius 2 is 2.06 bits per heavy atom. The number of aliphatic carboxylic acids is 1. The highest BCUT2D eigenvalue weighted by atomic mass is 35.5. The number of carboxylic acid groups (broad SMARTS) is 1. The topological polar surface area (TPSA) is 112 Å². The minimum absolute atomic E-state index is 0.121. The zero-order valence-electron chi connectivity index (χ0n) is 16.1. The number of carbonyl (C=O) groups is 3. The number of thioether (sulfide) groups is 2. The molecule has 2 aromatic rings. The van der Waals surface area contributed by atoms with Crippen LogP contribution in [-0.2, 0) is 9.59 Å². The van der Waals surface area contributed by atoms with Crippen LogP contribution >= 0.6 is 46.5 Å². The van der Waals surface area contributed by atoms with E-state index in [0.717, 1.165) is 9.91 Å². The third kappa shape index (κ3) is 4.21. The van der Waals surface area contributed by atoms with Crippen LogP contribution in [-0.4, -0.2) is 60.9 Å². The van der Waals surface area contributed by atoms with E-state index in [2.05, 4.69) is 15.5 Å². The van der Waals surface area contributed by atoms with E-state index in [1.807, 2.05) is 6.92 Å². The summed E-state index contributed by atoms with van der Waals surface area (Å²) in [5.41, 5.74) is 0.110. The van der Waals surface area contributed by atoms with Crippen molar-refractivity contribution >= 4 is 64.2 Å². The van der Waals surface area contributed by atoms with Crippen LogP contribution in [0, 0.1) is 18.6 Å². The van der Waals surface area contributed by atoms with E-state index in [-0.39, 0.29) is 16.3 Å². The van der Waals surface area contributed by atoms with E-state index in [0.29, 0.717) is 33.6 Å². The number of hydrogen-bond acceptors (Lipinski definition) is 8. The third-order valence-corrected chi connectivity index (χ3v) is 8.38. The smallest absolute Gasteiger partial charge is 0.352 e. The Labute approximate surface area is 197 Å². The molecule has 32 heavy (non-hydrogen) atoms. The van der Waals surface area contributed by atoms with Gasteiger partial charge in [-0.2, -0.15) is 0 Å². The molecular weight excluding hydrogens is 506 g/mol. The van der Waals surface area contributed by atoms with Crippen molar-refractivity contribution in [2.75, 3.05) is 11.5 Å². The average molecular weight is 519 g/mol. The Morgan fingerprint density at radius 3 is 2.72 bits per heavy atom. The summed E-state index contributed by atoms with van der Waals surface area (Å²) in [5, 5.41) is 19.9. The Hall–Kier alpha value is -2.22. The van der Waals surface area contributed by atoms with Crippen LogP contribution in [0.1, 0.15) is 15.4 Å². The van der Waals surface area contributed by atoms with Gasteiger partial charge in [0.2, 0.25) is 0 Å². The van der Waals surface area contributed by atoms with Crippen molar-refractivity contribution < 1.29 is 28.3 Å². The summed E-state index contributed by atoms with van der Waals surface area (Å²) >= 11 is 9.84. The van der Waals surface area contributed by atoms with E-state index < -0.39 is 40.8 Å². The van der Waals surface area contributed by atoms with E-state index in [4.69, 9.17) is 11.6 Å². The second kappa shape index (κ2) is 8.96. The molecule has 3 heterocycles. The average Bonchev–Trinajstić information content (AvgIpc) is 3.17. The fraction of sp³-hybridized carbons (Fsp3) is 0.278. The van der Waals surface area contributed by atoms with Crippen molar-refractivity contribution in [3.8, 4) is 0 Å². The van der Waals surface area contributed by atoms with Crippen LogP contribution in [0.2, 0.25) is 5.02 Å². The Bertz CT molecular complexity index is 1180. The molecule has 2 atom stereocenters. The summed E-state index contributed by atoms with van der Waals surface area (Å²) in [4.78, 5) is 38.2. The number of hydrogen-bond donors (Lipinski definition) is 2. The molecular formula is C18H13ClF2N4O4S3. The van der Waals surface area contributed by atoms with Crippen LogP contribution in [0.5, 0.6) is 0 Å². The van der Waals surface area contributed by atoms with E-state index in [1.165, 1.54) is 34.9 Å². The lowest BCUT2D eigenvalue weighted by molar-refractivity contribution is -0.148. The molecule has 2 aliphatic heterocycles. The number of amides is 2. The molecule has 1 fully saturated rings. The summed E-state index contributed by atoms with van der Waals surface area (Å²) in [6.07, 6.45) is 0. The van der Waals surface area contributed by atoms with Gasteiger partial charge in [0.25, 0.3) is 11.8 Å². The molecule has 0 saturated carbocycles. The number of rotatable bonds is 6. The molecule has 14 heteroatoms. The van der Waals surface area contributed by atoms with Crippen LogP contribution in [0.15, 0.2) is 27.7 Å². The first-order valence-corrected chi connectivity index (χ1v) is 12.2. The quantitative estimate of drug-likeness (QED) is 0.341. The van der Waals surface area contributed by atoms with Crippen molar-refractivity contribution in [1.29, 1.82) is 0 Å². The van der Waals surface area contributed by atoms with E-state index >= 15 is 0 Å². The zero-order valence-corrected chi connectivity index (χ0v) is 19.3. The maximum atomic E-state index is 13.5. The Morgan fingerprint density at radius 1 is 1.34 bits per heavy atom. The molecule has 0 radical (unpaired) electrons. The second-order valence-corrected chi connectivity index (χ2v) is 10.7. The monoisotopic (exact) mass is 518 g/mol. The fourth-order valence-corrected chi connectivity index (χ4v) is 6.73. The number of aryl methyl sites for hydroxylation is 1. The van der Waals surface area contributed by atoms with Crippen molar-refractivity contribution in [3.63, 3.8) is 0 Å². The van der Waals surface area contributed by atoms with Gasteiger partial charge in [0.15, 0.2) is 16.0 Å². The van der Waals surface area contributed by atoms with Gasteiger partial charge in [-0.05, 0) is 24.6 Å². The number of halogens is 3. The molecule has 1 aromatic heterocycles. The summed E-state index contributed by atoms with van der Waals surface area (Å²) < 4.78 is 27.4. The molecule has 2 amide bonds. The number of β-lactam (4-membered cyclic amide) rings is 1. The summed E-state index contributed by atoms with van der Waals surface area (Å²) in [6.45, 7) is 1.81. The van der Waals surface area contributed by atoms with Crippen molar-refractivity contribution in [2.45, 2.75) is 22.7 Å². The van der Waals surface area contributed by atoms with Gasteiger partial charge in [0.05, 0.1) is 10.6 Å². The maximum absolute atomic E-state index is 13.5. The predicted molar refractivity (Wildman–Crippen MR) is 116 cm³/mol. The van der Waals surface area contributed by atoms with Gasteiger partial charge in [-0.15, -0.1) is 22.0 Å². The number of nitrogens with zero attached hydrogens (tertiary/aromatic N) is 3. The number of benzene rings is 1. The summed E-state index contributed by atoms with van der Waals surface area (Å²) in [6, 6.07) is 0.297. The molecule has 0 bridgehead atoms. The molecule has 1 aromatic carbocycles. The first-order valence-electron chi connectivity index (χ1n) is 8.95. The van der Waals surface area contributed by atoms with Gasteiger partial charge in [0.1, 0.15) is 22.1 Å². The highest BCUT2D eigenvalue weighted by molar-refractivity contribution is 8.01. The lowest BCUT2D eigenvalue weighted by atomic mass is 10.0. The van der Waals surface area contributed by atoms with Crippen molar-refractivity contribution in [2.24, 2.45) is 0 Å².